The molecule has 13 nitrogen and oxygen atoms in total. The molecule has 2 aromatic carbocycles. The van der Waals surface area contributed by atoms with Crippen molar-refractivity contribution in [2.24, 2.45) is 0 Å². The Morgan fingerprint density at radius 1 is 0.544 bits per heavy atom. The Morgan fingerprint density at radius 3 is 1.60 bits per heavy atom. The highest BCUT2D eigenvalue weighted by molar-refractivity contribution is 5.72. The SMILES string of the molecule is COc1ccccc1-c1cc(NCCCn2ccnc2)nc(-c2ccncc2)n1.Cc1ccc(-c2cc(NCCCn3ccnc3)nc(-c3ccncc3)n2)cc1. The van der Waals surface area contributed by atoms with Crippen LogP contribution in [0.3, 0.4) is 0 Å². The predicted molar refractivity (Wildman–Crippen MR) is 223 cm³/mol. The van der Waals surface area contributed by atoms with Crippen molar-refractivity contribution in [3.8, 4) is 51.0 Å². The number of hydrogen-bond donors (Lipinski definition) is 2. The zero-order valence-electron chi connectivity index (χ0n) is 32.0. The molecule has 13 heteroatoms. The Hall–Kier alpha value is -7.28. The average Bonchev–Trinajstić information content (AvgIpc) is 4.00. The fourth-order valence-electron chi connectivity index (χ4n) is 6.00. The number of rotatable bonds is 15. The molecule has 0 amide bonds. The standard InChI is InChI=1S/C22H22N6O.C22H22N6/c1-29-20-6-3-2-5-18(20)19-15-21(25-9-4-13-28-14-12-24-16-28)27-22(26-19)17-7-10-23-11-8-17;1-17-3-5-18(6-4-17)20-15-21(25-9-2-13-28-14-12-24-16-28)27-22(26-20)19-7-10-23-11-8-19/h2-3,5-8,10-12,14-16H,4,9,13H2,1H3,(H,25,26,27);3-8,10-12,14-16H,2,9,13H2,1H3,(H,25,26,27). The lowest BCUT2D eigenvalue weighted by molar-refractivity contribution is 0.416. The minimum absolute atomic E-state index is 0.646. The Morgan fingerprint density at radius 2 is 1.07 bits per heavy atom. The largest absolute Gasteiger partial charge is 0.496 e. The summed E-state index contributed by atoms with van der Waals surface area (Å²) in [5.74, 6) is 3.71. The van der Waals surface area contributed by atoms with Crippen molar-refractivity contribution in [3.63, 3.8) is 0 Å². The molecular weight excluding hydrogens is 713 g/mol. The van der Waals surface area contributed by atoms with Gasteiger partial charge in [-0.05, 0) is 56.2 Å². The molecule has 0 spiro atoms. The van der Waals surface area contributed by atoms with E-state index in [0.29, 0.717) is 11.6 Å². The van der Waals surface area contributed by atoms with Crippen molar-refractivity contribution in [1.82, 2.24) is 49.0 Å². The molecule has 0 atom stereocenters. The molecule has 0 aliphatic carbocycles. The zero-order chi connectivity index (χ0) is 39.1. The van der Waals surface area contributed by atoms with Crippen molar-refractivity contribution in [2.75, 3.05) is 30.8 Å². The van der Waals surface area contributed by atoms with E-state index in [1.165, 1.54) is 5.56 Å². The summed E-state index contributed by atoms with van der Waals surface area (Å²) < 4.78 is 9.66. The van der Waals surface area contributed by atoms with E-state index in [-0.39, 0.29) is 0 Å². The highest BCUT2D eigenvalue weighted by atomic mass is 16.5. The highest BCUT2D eigenvalue weighted by Crippen LogP contribution is 2.31. The first-order valence-electron chi connectivity index (χ1n) is 18.8. The fraction of sp³-hybridized carbons (Fsp3) is 0.182. The van der Waals surface area contributed by atoms with Crippen molar-refractivity contribution in [1.29, 1.82) is 0 Å². The molecular formula is C44H44N12O. The maximum Gasteiger partial charge on any atom is 0.162 e. The third-order valence-corrected chi connectivity index (χ3v) is 8.98. The number of hydrogen-bond acceptors (Lipinski definition) is 11. The number of ether oxygens (including phenoxy) is 1. The summed E-state index contributed by atoms with van der Waals surface area (Å²) in [4.78, 5) is 35.3. The summed E-state index contributed by atoms with van der Waals surface area (Å²) in [6.07, 6.45) is 20.1. The van der Waals surface area contributed by atoms with Crippen LogP contribution in [0, 0.1) is 6.92 Å². The van der Waals surface area contributed by atoms with E-state index in [1.54, 1.807) is 44.3 Å². The number of methoxy groups -OCH3 is 1. The number of nitrogens with one attached hydrogen (secondary N) is 2. The average molecular weight is 757 g/mol. The number of benzene rings is 2. The van der Waals surface area contributed by atoms with Gasteiger partial charge in [0.2, 0.25) is 0 Å². The van der Waals surface area contributed by atoms with E-state index in [9.17, 15) is 0 Å². The number of anilines is 2. The van der Waals surface area contributed by atoms with Gasteiger partial charge in [0.1, 0.15) is 17.4 Å². The normalized spacial score (nSPS) is 10.7. The van der Waals surface area contributed by atoms with Gasteiger partial charge in [0.05, 0.1) is 31.2 Å². The molecule has 0 unspecified atom stereocenters. The molecule has 2 N–H and O–H groups in total. The van der Waals surface area contributed by atoms with Crippen LogP contribution in [0.25, 0.3) is 45.3 Å². The second-order valence-corrected chi connectivity index (χ2v) is 13.1. The molecule has 6 aromatic heterocycles. The van der Waals surface area contributed by atoms with Gasteiger partial charge in [0.15, 0.2) is 11.6 Å². The van der Waals surface area contributed by atoms with Crippen molar-refractivity contribution in [2.45, 2.75) is 32.9 Å². The van der Waals surface area contributed by atoms with Gasteiger partial charge in [0, 0.05) is 110 Å². The molecule has 8 rings (SSSR count). The van der Waals surface area contributed by atoms with Crippen LogP contribution >= 0.6 is 0 Å². The Bertz CT molecular complexity index is 2410. The van der Waals surface area contributed by atoms with Gasteiger partial charge in [-0.1, -0.05) is 42.0 Å². The third-order valence-electron chi connectivity index (χ3n) is 8.98. The van der Waals surface area contributed by atoms with Crippen LogP contribution in [0.15, 0.2) is 147 Å². The molecule has 0 aliphatic heterocycles. The summed E-state index contributed by atoms with van der Waals surface area (Å²) in [6, 6.07) is 27.9. The van der Waals surface area contributed by atoms with E-state index < -0.39 is 0 Å². The molecule has 0 saturated carbocycles. The fourth-order valence-corrected chi connectivity index (χ4v) is 6.00. The van der Waals surface area contributed by atoms with E-state index >= 15 is 0 Å². The Labute approximate surface area is 332 Å². The first-order valence-corrected chi connectivity index (χ1v) is 18.8. The van der Waals surface area contributed by atoms with Gasteiger partial charge >= 0.3 is 0 Å². The summed E-state index contributed by atoms with van der Waals surface area (Å²) in [5.41, 5.74) is 6.80. The molecule has 57 heavy (non-hydrogen) atoms. The van der Waals surface area contributed by atoms with E-state index in [0.717, 1.165) is 90.0 Å². The lowest BCUT2D eigenvalue weighted by Gasteiger charge is -2.12. The lowest BCUT2D eigenvalue weighted by atomic mass is 10.1. The van der Waals surface area contributed by atoms with Crippen LogP contribution in [0.5, 0.6) is 5.75 Å². The summed E-state index contributed by atoms with van der Waals surface area (Å²) >= 11 is 0. The number of aromatic nitrogens is 10. The number of aryl methyl sites for hydroxylation is 3. The van der Waals surface area contributed by atoms with Crippen LogP contribution in [-0.2, 0) is 13.1 Å². The summed E-state index contributed by atoms with van der Waals surface area (Å²) in [6.45, 7) is 5.50. The molecule has 0 fully saturated rings. The van der Waals surface area contributed by atoms with Gasteiger partial charge in [-0.2, -0.15) is 0 Å². The molecule has 286 valence electrons. The smallest absolute Gasteiger partial charge is 0.162 e. The van der Waals surface area contributed by atoms with E-state index in [4.69, 9.17) is 24.7 Å². The van der Waals surface area contributed by atoms with Crippen molar-refractivity contribution >= 4 is 11.6 Å². The van der Waals surface area contributed by atoms with Crippen molar-refractivity contribution in [3.05, 3.63) is 153 Å². The number of pyridine rings is 2. The maximum absolute atomic E-state index is 5.53. The van der Waals surface area contributed by atoms with Gasteiger partial charge in [-0.25, -0.2) is 29.9 Å². The van der Waals surface area contributed by atoms with Crippen LogP contribution in [0.1, 0.15) is 18.4 Å². The van der Waals surface area contributed by atoms with Gasteiger partial charge in [0.25, 0.3) is 0 Å². The monoisotopic (exact) mass is 756 g/mol. The Balaban J connectivity index is 0.000000174. The molecule has 0 bridgehead atoms. The van der Waals surface area contributed by atoms with Crippen LogP contribution < -0.4 is 15.4 Å². The van der Waals surface area contributed by atoms with Gasteiger partial charge in [-0.15, -0.1) is 0 Å². The quantitative estimate of drug-likeness (QED) is 0.0978. The highest BCUT2D eigenvalue weighted by Gasteiger charge is 2.13. The van der Waals surface area contributed by atoms with Crippen LogP contribution in [0.2, 0.25) is 0 Å². The van der Waals surface area contributed by atoms with Crippen LogP contribution in [0.4, 0.5) is 11.6 Å². The second kappa shape index (κ2) is 19.4. The number of para-hydroxylation sites is 1. The number of nitrogens with zero attached hydrogens (tertiary/aromatic N) is 10. The molecule has 6 heterocycles. The third kappa shape index (κ3) is 10.7. The Kier molecular flexibility index (Phi) is 12.9. The summed E-state index contributed by atoms with van der Waals surface area (Å²) in [7, 11) is 1.67. The summed E-state index contributed by atoms with van der Waals surface area (Å²) in [5, 5.41) is 6.86. The second-order valence-electron chi connectivity index (χ2n) is 13.1. The molecule has 0 aliphatic rings. The van der Waals surface area contributed by atoms with Gasteiger partial charge < -0.3 is 24.5 Å². The van der Waals surface area contributed by atoms with Gasteiger partial charge in [-0.3, -0.25) is 9.97 Å². The first-order chi connectivity index (χ1) is 28.1. The minimum atomic E-state index is 0.646. The van der Waals surface area contributed by atoms with E-state index in [1.807, 2.05) is 85.7 Å². The topological polar surface area (TPSA) is 146 Å². The van der Waals surface area contributed by atoms with Crippen molar-refractivity contribution < 1.29 is 4.74 Å². The number of imidazole rings is 2. The maximum atomic E-state index is 5.53. The lowest BCUT2D eigenvalue weighted by Crippen LogP contribution is -2.08. The first kappa shape index (κ1) is 38.0. The zero-order valence-corrected chi connectivity index (χ0v) is 32.0. The molecule has 0 saturated heterocycles. The molecule has 8 aromatic rings. The van der Waals surface area contributed by atoms with E-state index in [2.05, 4.69) is 70.9 Å². The van der Waals surface area contributed by atoms with Crippen LogP contribution in [-0.4, -0.2) is 69.2 Å². The molecule has 0 radical (unpaired) electrons. The predicted octanol–water partition coefficient (Wildman–Crippen LogP) is 8.13. The minimum Gasteiger partial charge on any atom is -0.496 e.